The predicted molar refractivity (Wildman–Crippen MR) is 80.7 cm³/mol. The van der Waals surface area contributed by atoms with Crippen LogP contribution in [0.25, 0.3) is 6.08 Å². The zero-order chi connectivity index (χ0) is 14.6. The number of halogens is 1. The van der Waals surface area contributed by atoms with Crippen LogP contribution in [0.2, 0.25) is 5.02 Å². The summed E-state index contributed by atoms with van der Waals surface area (Å²) in [6, 6.07) is 13.2. The zero-order valence-electron chi connectivity index (χ0n) is 10.8. The van der Waals surface area contributed by atoms with Gasteiger partial charge in [0.25, 0.3) is 0 Å². The summed E-state index contributed by atoms with van der Waals surface area (Å²) in [5.74, 6) is 0.616. The maximum atomic E-state index is 12.1. The van der Waals surface area contributed by atoms with E-state index in [1.54, 1.807) is 36.4 Å². The van der Waals surface area contributed by atoms with E-state index in [0.29, 0.717) is 10.8 Å². The normalized spacial score (nSPS) is 11.7. The molecule has 20 heavy (non-hydrogen) atoms. The molecule has 2 aromatic rings. The molecule has 0 fully saturated rings. The van der Waals surface area contributed by atoms with Crippen molar-refractivity contribution in [1.29, 1.82) is 0 Å². The second-order valence-electron chi connectivity index (χ2n) is 4.07. The number of sulfone groups is 1. The van der Waals surface area contributed by atoms with E-state index < -0.39 is 9.84 Å². The molecule has 5 heteroatoms. The standard InChI is InChI=1S/C15H13ClO3S/c1-19-14-6-8-15(9-7-14)20(17,18)11-10-12-2-4-13(16)5-3-12/h2-11H,1H3/b11-10+. The van der Waals surface area contributed by atoms with Crippen LogP contribution in [0.1, 0.15) is 5.56 Å². The molecule has 0 spiro atoms. The molecule has 2 rings (SSSR count). The SMILES string of the molecule is COc1ccc(S(=O)(=O)/C=C/c2ccc(Cl)cc2)cc1. The first kappa shape index (κ1) is 14.6. The summed E-state index contributed by atoms with van der Waals surface area (Å²) in [6.07, 6.45) is 1.54. The minimum absolute atomic E-state index is 0.225. The van der Waals surface area contributed by atoms with E-state index in [1.165, 1.54) is 30.7 Å². The summed E-state index contributed by atoms with van der Waals surface area (Å²) in [5, 5.41) is 1.79. The van der Waals surface area contributed by atoms with E-state index in [-0.39, 0.29) is 4.90 Å². The number of rotatable bonds is 4. The van der Waals surface area contributed by atoms with Crippen molar-refractivity contribution in [2.24, 2.45) is 0 Å². The predicted octanol–water partition coefficient (Wildman–Crippen LogP) is 3.79. The van der Waals surface area contributed by atoms with Gasteiger partial charge in [-0.05, 0) is 48.0 Å². The summed E-state index contributed by atoms with van der Waals surface area (Å²) < 4.78 is 29.2. The summed E-state index contributed by atoms with van der Waals surface area (Å²) in [7, 11) is -1.93. The molecule has 0 N–H and O–H groups in total. The lowest BCUT2D eigenvalue weighted by Crippen LogP contribution is -1.96. The first-order valence-corrected chi connectivity index (χ1v) is 7.76. The van der Waals surface area contributed by atoms with E-state index in [9.17, 15) is 8.42 Å². The van der Waals surface area contributed by atoms with E-state index in [1.807, 2.05) is 0 Å². The molecule has 0 atom stereocenters. The third-order valence-electron chi connectivity index (χ3n) is 2.70. The first-order valence-electron chi connectivity index (χ1n) is 5.84. The topological polar surface area (TPSA) is 43.4 Å². The van der Waals surface area contributed by atoms with Crippen molar-refractivity contribution >= 4 is 27.5 Å². The second kappa shape index (κ2) is 6.11. The third-order valence-corrected chi connectivity index (χ3v) is 4.37. The first-order chi connectivity index (χ1) is 9.51. The highest BCUT2D eigenvalue weighted by Gasteiger charge is 2.09. The van der Waals surface area contributed by atoms with Crippen LogP contribution in [0, 0.1) is 0 Å². The van der Waals surface area contributed by atoms with Crippen molar-refractivity contribution in [2.75, 3.05) is 7.11 Å². The van der Waals surface area contributed by atoms with Crippen LogP contribution in [0.3, 0.4) is 0 Å². The molecule has 0 saturated heterocycles. The van der Waals surface area contributed by atoms with Crippen molar-refractivity contribution in [2.45, 2.75) is 4.90 Å². The van der Waals surface area contributed by atoms with Gasteiger partial charge in [-0.1, -0.05) is 23.7 Å². The van der Waals surface area contributed by atoms with Gasteiger partial charge in [0.15, 0.2) is 9.84 Å². The van der Waals surface area contributed by atoms with Gasteiger partial charge < -0.3 is 4.74 Å². The molecule has 0 aromatic heterocycles. The van der Waals surface area contributed by atoms with Crippen LogP contribution in [-0.4, -0.2) is 15.5 Å². The Balaban J connectivity index is 2.23. The Hall–Kier alpha value is -1.78. The number of benzene rings is 2. The highest BCUT2D eigenvalue weighted by Crippen LogP contribution is 2.18. The van der Waals surface area contributed by atoms with Gasteiger partial charge in [-0.15, -0.1) is 0 Å². The Morgan fingerprint density at radius 3 is 2.15 bits per heavy atom. The molecule has 0 saturated carbocycles. The Kier molecular flexibility index (Phi) is 4.47. The monoisotopic (exact) mass is 308 g/mol. The average molecular weight is 309 g/mol. The minimum Gasteiger partial charge on any atom is -0.497 e. The van der Waals surface area contributed by atoms with Crippen molar-refractivity contribution in [3.8, 4) is 5.75 Å². The van der Waals surface area contributed by atoms with Gasteiger partial charge in [-0.2, -0.15) is 0 Å². The van der Waals surface area contributed by atoms with Gasteiger partial charge in [0.1, 0.15) is 5.75 Å². The summed E-state index contributed by atoms with van der Waals surface area (Å²) in [5.41, 5.74) is 0.770. The van der Waals surface area contributed by atoms with E-state index in [4.69, 9.17) is 16.3 Å². The average Bonchev–Trinajstić information content (AvgIpc) is 2.47. The number of methoxy groups -OCH3 is 1. The Bertz CT molecular complexity index is 702. The second-order valence-corrected chi connectivity index (χ2v) is 6.34. The lowest BCUT2D eigenvalue weighted by atomic mass is 10.2. The van der Waals surface area contributed by atoms with E-state index in [2.05, 4.69) is 0 Å². The number of hydrogen-bond acceptors (Lipinski definition) is 3. The van der Waals surface area contributed by atoms with Gasteiger partial charge >= 0.3 is 0 Å². The maximum Gasteiger partial charge on any atom is 0.199 e. The van der Waals surface area contributed by atoms with Gasteiger partial charge in [0.05, 0.1) is 12.0 Å². The molecule has 2 aromatic carbocycles. The Labute approximate surface area is 123 Å². The highest BCUT2D eigenvalue weighted by molar-refractivity contribution is 7.94. The lowest BCUT2D eigenvalue weighted by Gasteiger charge is -2.02. The Morgan fingerprint density at radius 2 is 1.60 bits per heavy atom. The van der Waals surface area contributed by atoms with E-state index in [0.717, 1.165) is 5.56 Å². The molecule has 0 unspecified atom stereocenters. The molecule has 104 valence electrons. The smallest absolute Gasteiger partial charge is 0.199 e. The highest BCUT2D eigenvalue weighted by atomic mass is 35.5. The van der Waals surface area contributed by atoms with Crippen molar-refractivity contribution in [3.63, 3.8) is 0 Å². The van der Waals surface area contributed by atoms with Crippen molar-refractivity contribution in [3.05, 3.63) is 64.5 Å². The van der Waals surface area contributed by atoms with Crippen LogP contribution in [0.5, 0.6) is 5.75 Å². The van der Waals surface area contributed by atoms with E-state index >= 15 is 0 Å². The molecule has 0 aliphatic carbocycles. The third kappa shape index (κ3) is 3.62. The van der Waals surface area contributed by atoms with Gasteiger partial charge in [0, 0.05) is 10.4 Å². The molecular formula is C15H13ClO3S. The summed E-state index contributed by atoms with van der Waals surface area (Å²) in [6.45, 7) is 0. The van der Waals surface area contributed by atoms with Crippen LogP contribution in [0.4, 0.5) is 0 Å². The maximum absolute atomic E-state index is 12.1. The van der Waals surface area contributed by atoms with Crippen LogP contribution in [0.15, 0.2) is 58.8 Å². The fourth-order valence-corrected chi connectivity index (χ4v) is 2.72. The molecular weight excluding hydrogens is 296 g/mol. The summed E-state index contributed by atoms with van der Waals surface area (Å²) in [4.78, 5) is 0.225. The number of hydrogen-bond donors (Lipinski definition) is 0. The summed E-state index contributed by atoms with van der Waals surface area (Å²) >= 11 is 5.77. The van der Waals surface area contributed by atoms with Crippen molar-refractivity contribution < 1.29 is 13.2 Å². The molecule has 0 heterocycles. The molecule has 0 aliphatic rings. The van der Waals surface area contributed by atoms with Crippen LogP contribution < -0.4 is 4.74 Å². The lowest BCUT2D eigenvalue weighted by molar-refractivity contribution is 0.414. The Morgan fingerprint density at radius 1 is 1.00 bits per heavy atom. The molecule has 0 aliphatic heterocycles. The minimum atomic E-state index is -3.46. The molecule has 0 radical (unpaired) electrons. The largest absolute Gasteiger partial charge is 0.497 e. The van der Waals surface area contributed by atoms with Gasteiger partial charge in [0.2, 0.25) is 0 Å². The fraction of sp³-hybridized carbons (Fsp3) is 0.0667. The fourth-order valence-electron chi connectivity index (χ4n) is 1.59. The zero-order valence-corrected chi connectivity index (χ0v) is 12.4. The van der Waals surface area contributed by atoms with Crippen LogP contribution in [-0.2, 0) is 9.84 Å². The van der Waals surface area contributed by atoms with Crippen LogP contribution >= 0.6 is 11.6 Å². The van der Waals surface area contributed by atoms with Gasteiger partial charge in [-0.3, -0.25) is 0 Å². The van der Waals surface area contributed by atoms with Crippen molar-refractivity contribution in [1.82, 2.24) is 0 Å². The molecule has 3 nitrogen and oxygen atoms in total. The molecule has 0 bridgehead atoms. The quantitative estimate of drug-likeness (QED) is 0.863. The van der Waals surface area contributed by atoms with Gasteiger partial charge in [-0.25, -0.2) is 8.42 Å². The molecule has 0 amide bonds. The number of ether oxygens (including phenoxy) is 1.